The zero-order chi connectivity index (χ0) is 20.2. The Hall–Kier alpha value is -3.32. The third-order valence-electron chi connectivity index (χ3n) is 4.36. The Morgan fingerprint density at radius 2 is 1.76 bits per heavy atom. The summed E-state index contributed by atoms with van der Waals surface area (Å²) < 4.78 is 5.05. The lowest BCUT2D eigenvalue weighted by atomic mass is 10.1. The molecule has 0 saturated heterocycles. The Kier molecular flexibility index (Phi) is 5.48. The van der Waals surface area contributed by atoms with Gasteiger partial charge in [0.1, 0.15) is 11.0 Å². The van der Waals surface area contributed by atoms with Gasteiger partial charge in [-0.2, -0.15) is 0 Å². The van der Waals surface area contributed by atoms with E-state index in [0.29, 0.717) is 16.7 Å². The molecule has 4 aromatic rings. The number of aromatic amines is 1. The lowest BCUT2D eigenvalue weighted by Gasteiger charge is -2.14. The van der Waals surface area contributed by atoms with Gasteiger partial charge in [0, 0.05) is 17.3 Å². The molecule has 0 bridgehead atoms. The van der Waals surface area contributed by atoms with Crippen LogP contribution in [0.25, 0.3) is 11.3 Å². The van der Waals surface area contributed by atoms with E-state index in [9.17, 15) is 4.79 Å². The van der Waals surface area contributed by atoms with Crippen LogP contribution in [0.4, 0.5) is 5.82 Å². The highest BCUT2D eigenvalue weighted by molar-refractivity contribution is 8.00. The Balaban J connectivity index is 1.61. The van der Waals surface area contributed by atoms with Crippen molar-refractivity contribution in [2.24, 2.45) is 0 Å². The molecule has 6 nitrogen and oxygen atoms in total. The maximum atomic E-state index is 13.0. The quantitative estimate of drug-likeness (QED) is 0.434. The zero-order valence-corrected chi connectivity index (χ0v) is 16.9. The van der Waals surface area contributed by atoms with Crippen LogP contribution in [0.3, 0.4) is 0 Å². The van der Waals surface area contributed by atoms with Crippen LogP contribution in [0.5, 0.6) is 0 Å². The molecule has 0 fully saturated rings. The van der Waals surface area contributed by atoms with Gasteiger partial charge in [-0.3, -0.25) is 4.79 Å². The monoisotopic (exact) mass is 404 g/mol. The van der Waals surface area contributed by atoms with Gasteiger partial charge in [0.25, 0.3) is 0 Å². The molecule has 0 saturated carbocycles. The van der Waals surface area contributed by atoms with Crippen LogP contribution in [0.2, 0.25) is 0 Å². The third-order valence-corrected chi connectivity index (χ3v) is 5.50. The number of carbonyl (C=O) groups excluding carboxylic acids is 1. The summed E-state index contributed by atoms with van der Waals surface area (Å²) in [6.45, 7) is 3.76. The summed E-state index contributed by atoms with van der Waals surface area (Å²) in [7, 11) is 0. The molecule has 0 unspecified atom stereocenters. The topological polar surface area (TPSA) is 83.8 Å². The molecule has 2 heterocycles. The number of aryl methyl sites for hydroxylation is 2. The number of carbonyl (C=O) groups is 1. The minimum Gasteiger partial charge on any atom is -0.360 e. The standard InChI is InChI=1S/C22H20N4O2S/c1-14-13-18(26-28-14)24-21(27)20(17-11-7-4-8-12-17)29-22-23-15(2)19(25-22)16-9-5-3-6-10-16/h3-13,20H,1-2H3,(H,23,25)(H,24,26,27)/t20-/m0/s1. The molecule has 146 valence electrons. The molecule has 0 spiro atoms. The second-order valence-corrected chi connectivity index (χ2v) is 7.70. The number of nitrogens with one attached hydrogen (secondary N) is 2. The fourth-order valence-electron chi connectivity index (χ4n) is 3.00. The van der Waals surface area contributed by atoms with Crippen molar-refractivity contribution in [3.05, 3.63) is 83.7 Å². The maximum Gasteiger partial charge on any atom is 0.243 e. The van der Waals surface area contributed by atoms with Crippen molar-refractivity contribution in [1.29, 1.82) is 0 Å². The van der Waals surface area contributed by atoms with E-state index in [1.165, 1.54) is 11.8 Å². The highest BCUT2D eigenvalue weighted by atomic mass is 32.2. The Morgan fingerprint density at radius 1 is 1.07 bits per heavy atom. The van der Waals surface area contributed by atoms with Crippen molar-refractivity contribution in [3.63, 3.8) is 0 Å². The molecule has 2 aromatic heterocycles. The van der Waals surface area contributed by atoms with E-state index < -0.39 is 5.25 Å². The van der Waals surface area contributed by atoms with Gasteiger partial charge < -0.3 is 14.8 Å². The number of aromatic nitrogens is 3. The lowest BCUT2D eigenvalue weighted by molar-refractivity contribution is -0.115. The first-order valence-corrected chi connectivity index (χ1v) is 10.1. The molecule has 0 radical (unpaired) electrons. The van der Waals surface area contributed by atoms with Crippen LogP contribution in [0.1, 0.15) is 22.3 Å². The molecule has 0 aliphatic heterocycles. The summed E-state index contributed by atoms with van der Waals surface area (Å²) in [6, 6.07) is 21.3. The van der Waals surface area contributed by atoms with Gasteiger partial charge in [0.05, 0.1) is 5.69 Å². The van der Waals surface area contributed by atoms with Gasteiger partial charge in [-0.25, -0.2) is 4.98 Å². The summed E-state index contributed by atoms with van der Waals surface area (Å²) in [4.78, 5) is 21.1. The minimum atomic E-state index is -0.498. The number of anilines is 1. The van der Waals surface area contributed by atoms with E-state index in [4.69, 9.17) is 9.51 Å². The highest BCUT2D eigenvalue weighted by Gasteiger charge is 2.25. The number of hydrogen-bond donors (Lipinski definition) is 2. The van der Waals surface area contributed by atoms with Crippen LogP contribution in [0, 0.1) is 13.8 Å². The van der Waals surface area contributed by atoms with Crippen LogP contribution in [-0.4, -0.2) is 21.0 Å². The van der Waals surface area contributed by atoms with Crippen molar-refractivity contribution in [3.8, 4) is 11.3 Å². The first-order chi connectivity index (χ1) is 14.1. The smallest absolute Gasteiger partial charge is 0.243 e. The lowest BCUT2D eigenvalue weighted by Crippen LogP contribution is -2.19. The van der Waals surface area contributed by atoms with Crippen LogP contribution < -0.4 is 5.32 Å². The molecule has 0 aliphatic carbocycles. The first kappa shape index (κ1) is 19.0. The fourth-order valence-corrected chi connectivity index (χ4v) is 4.03. The van der Waals surface area contributed by atoms with Crippen LogP contribution in [0.15, 0.2) is 76.4 Å². The molecular formula is C22H20N4O2S. The summed E-state index contributed by atoms with van der Waals surface area (Å²) >= 11 is 1.37. The van der Waals surface area contributed by atoms with Crippen LogP contribution in [-0.2, 0) is 4.79 Å². The van der Waals surface area contributed by atoms with Crippen molar-refractivity contribution in [1.82, 2.24) is 15.1 Å². The van der Waals surface area contributed by atoms with Gasteiger partial charge >= 0.3 is 0 Å². The van der Waals surface area contributed by atoms with Crippen molar-refractivity contribution < 1.29 is 9.32 Å². The molecule has 29 heavy (non-hydrogen) atoms. The molecule has 1 amide bonds. The van der Waals surface area contributed by atoms with E-state index >= 15 is 0 Å². The second-order valence-electron chi connectivity index (χ2n) is 6.60. The van der Waals surface area contributed by atoms with E-state index in [-0.39, 0.29) is 5.91 Å². The summed E-state index contributed by atoms with van der Waals surface area (Å²) in [6.07, 6.45) is 0. The molecule has 7 heteroatoms. The average Bonchev–Trinajstić information content (AvgIpc) is 3.32. The fraction of sp³-hybridized carbons (Fsp3) is 0.136. The Morgan fingerprint density at radius 3 is 2.41 bits per heavy atom. The van der Waals surface area contributed by atoms with Crippen molar-refractivity contribution in [2.45, 2.75) is 24.3 Å². The minimum absolute atomic E-state index is 0.190. The average molecular weight is 404 g/mol. The summed E-state index contributed by atoms with van der Waals surface area (Å²) in [5.41, 5.74) is 3.75. The van der Waals surface area contributed by atoms with E-state index in [2.05, 4.69) is 15.5 Å². The zero-order valence-electron chi connectivity index (χ0n) is 16.0. The number of imidazole rings is 1. The number of hydrogen-bond acceptors (Lipinski definition) is 5. The van der Waals surface area contributed by atoms with E-state index in [1.54, 1.807) is 13.0 Å². The Labute approximate surface area is 172 Å². The van der Waals surface area contributed by atoms with Gasteiger partial charge in [-0.1, -0.05) is 77.6 Å². The van der Waals surface area contributed by atoms with Gasteiger partial charge in [-0.15, -0.1) is 0 Å². The second kappa shape index (κ2) is 8.36. The maximum absolute atomic E-state index is 13.0. The van der Waals surface area contributed by atoms with Crippen molar-refractivity contribution in [2.75, 3.05) is 5.32 Å². The predicted molar refractivity (Wildman–Crippen MR) is 114 cm³/mol. The normalized spacial score (nSPS) is 11.9. The number of rotatable bonds is 6. The van der Waals surface area contributed by atoms with Gasteiger partial charge in [0.2, 0.25) is 5.91 Å². The number of benzene rings is 2. The third kappa shape index (κ3) is 4.41. The molecule has 4 rings (SSSR count). The number of thioether (sulfide) groups is 1. The molecule has 2 aromatic carbocycles. The number of H-pyrrole nitrogens is 1. The van der Waals surface area contributed by atoms with Gasteiger partial charge in [0.15, 0.2) is 11.0 Å². The molecule has 1 atom stereocenters. The van der Waals surface area contributed by atoms with E-state index in [1.807, 2.05) is 67.6 Å². The Bertz CT molecular complexity index is 1110. The largest absolute Gasteiger partial charge is 0.360 e. The van der Waals surface area contributed by atoms with Gasteiger partial charge in [-0.05, 0) is 19.4 Å². The predicted octanol–water partition coefficient (Wildman–Crippen LogP) is 5.15. The number of amides is 1. The molecule has 2 N–H and O–H groups in total. The van der Waals surface area contributed by atoms with Crippen LogP contribution >= 0.6 is 11.8 Å². The van der Waals surface area contributed by atoms with Crippen molar-refractivity contribution >= 4 is 23.5 Å². The molecular weight excluding hydrogens is 384 g/mol. The van der Waals surface area contributed by atoms with E-state index in [0.717, 1.165) is 22.5 Å². The SMILES string of the molecule is Cc1cc(NC(=O)[C@@H](Sc2nc(-c3ccccc3)c(C)[nH]2)c2ccccc2)no1. The summed E-state index contributed by atoms with van der Waals surface area (Å²) in [5.74, 6) is 0.845. The number of nitrogens with zero attached hydrogens (tertiary/aromatic N) is 2. The molecule has 0 aliphatic rings. The summed E-state index contributed by atoms with van der Waals surface area (Å²) in [5, 5.41) is 6.87. The first-order valence-electron chi connectivity index (χ1n) is 9.18. The highest BCUT2D eigenvalue weighted by Crippen LogP contribution is 2.36.